The maximum atomic E-state index is 12.4. The average molecular weight is 401 g/mol. The number of benzene rings is 3. The Morgan fingerprint density at radius 3 is 2.55 bits per heavy atom. The molecule has 29 heavy (non-hydrogen) atoms. The largest absolute Gasteiger partial charge is 0.423 e. The highest BCUT2D eigenvalue weighted by molar-refractivity contribution is 6.35. The van der Waals surface area contributed by atoms with Crippen LogP contribution in [-0.4, -0.2) is 15.9 Å². The molecule has 0 saturated heterocycles. The minimum absolute atomic E-state index is 0.379. The lowest BCUT2D eigenvalue weighted by Gasteiger charge is -2.10. The van der Waals surface area contributed by atoms with E-state index >= 15 is 0 Å². The van der Waals surface area contributed by atoms with E-state index in [-0.39, 0.29) is 5.97 Å². The second-order valence-corrected chi connectivity index (χ2v) is 7.47. The third kappa shape index (κ3) is 2.76. The molecule has 0 aliphatic rings. The van der Waals surface area contributed by atoms with Crippen LogP contribution in [0.15, 0.2) is 60.8 Å². The molecule has 142 valence electrons. The van der Waals surface area contributed by atoms with E-state index in [9.17, 15) is 4.79 Å². The summed E-state index contributed by atoms with van der Waals surface area (Å²) in [4.78, 5) is 20.2. The van der Waals surface area contributed by atoms with Crippen molar-refractivity contribution in [3.63, 3.8) is 0 Å². The first-order valence-corrected chi connectivity index (χ1v) is 9.68. The SMILES string of the molecule is Cc1c2ccnc(Cl)c2c(C)c2c1[nH]c1ccc(OC(=O)c3ccccc3)cc12. The molecule has 1 N–H and O–H groups in total. The van der Waals surface area contributed by atoms with Crippen molar-refractivity contribution >= 4 is 50.1 Å². The number of aromatic amines is 1. The Morgan fingerprint density at radius 2 is 1.76 bits per heavy atom. The molecule has 0 aliphatic heterocycles. The molecule has 5 heteroatoms. The van der Waals surface area contributed by atoms with Gasteiger partial charge >= 0.3 is 5.97 Å². The lowest BCUT2D eigenvalue weighted by molar-refractivity contribution is 0.0735. The van der Waals surface area contributed by atoms with E-state index < -0.39 is 0 Å². The number of esters is 1. The van der Waals surface area contributed by atoms with Crippen molar-refractivity contribution in [1.82, 2.24) is 9.97 Å². The van der Waals surface area contributed by atoms with Crippen LogP contribution in [-0.2, 0) is 0 Å². The number of carbonyl (C=O) groups excluding carboxylic acids is 1. The Hall–Kier alpha value is -3.37. The van der Waals surface area contributed by atoms with Crippen LogP contribution in [0.1, 0.15) is 21.5 Å². The van der Waals surface area contributed by atoms with Crippen molar-refractivity contribution in [2.45, 2.75) is 13.8 Å². The van der Waals surface area contributed by atoms with Crippen LogP contribution in [0.5, 0.6) is 5.75 Å². The summed E-state index contributed by atoms with van der Waals surface area (Å²) >= 11 is 6.43. The van der Waals surface area contributed by atoms with E-state index in [0.29, 0.717) is 16.5 Å². The molecule has 0 bridgehead atoms. The van der Waals surface area contributed by atoms with E-state index in [0.717, 1.165) is 43.7 Å². The summed E-state index contributed by atoms with van der Waals surface area (Å²) in [5, 5.41) is 4.58. The van der Waals surface area contributed by atoms with Gasteiger partial charge < -0.3 is 9.72 Å². The number of hydrogen-bond donors (Lipinski definition) is 1. The number of aromatic nitrogens is 2. The van der Waals surface area contributed by atoms with Crippen LogP contribution >= 0.6 is 11.6 Å². The van der Waals surface area contributed by atoms with Crippen LogP contribution in [0, 0.1) is 13.8 Å². The summed E-state index contributed by atoms with van der Waals surface area (Å²) in [7, 11) is 0. The fourth-order valence-corrected chi connectivity index (χ4v) is 4.31. The Balaban J connectivity index is 1.71. The number of halogens is 1. The minimum atomic E-state index is -0.379. The van der Waals surface area contributed by atoms with Gasteiger partial charge in [0, 0.05) is 27.9 Å². The summed E-state index contributed by atoms with van der Waals surface area (Å²) in [5.74, 6) is 0.122. The van der Waals surface area contributed by atoms with Gasteiger partial charge in [-0.25, -0.2) is 9.78 Å². The fraction of sp³-hybridized carbons (Fsp3) is 0.0833. The second-order valence-electron chi connectivity index (χ2n) is 7.11. The number of hydrogen-bond acceptors (Lipinski definition) is 3. The van der Waals surface area contributed by atoms with E-state index in [1.54, 1.807) is 24.4 Å². The molecule has 0 amide bonds. The zero-order chi connectivity index (χ0) is 20.1. The highest BCUT2D eigenvalue weighted by atomic mass is 35.5. The van der Waals surface area contributed by atoms with Gasteiger partial charge in [-0.3, -0.25) is 0 Å². The van der Waals surface area contributed by atoms with E-state index in [1.807, 2.05) is 43.3 Å². The molecule has 0 saturated carbocycles. The molecule has 0 radical (unpaired) electrons. The maximum Gasteiger partial charge on any atom is 0.343 e. The number of aryl methyl sites for hydroxylation is 2. The minimum Gasteiger partial charge on any atom is -0.423 e. The Labute approximate surface area is 172 Å². The zero-order valence-electron chi connectivity index (χ0n) is 15.9. The fourth-order valence-electron chi connectivity index (χ4n) is 4.01. The van der Waals surface area contributed by atoms with Gasteiger partial charge in [-0.05, 0) is 66.8 Å². The smallest absolute Gasteiger partial charge is 0.343 e. The number of carbonyl (C=O) groups is 1. The van der Waals surface area contributed by atoms with Gasteiger partial charge in [0.15, 0.2) is 0 Å². The normalized spacial score (nSPS) is 11.4. The summed E-state index contributed by atoms with van der Waals surface area (Å²) in [6.07, 6.45) is 1.73. The Kier molecular flexibility index (Phi) is 4.03. The molecule has 0 aliphatic carbocycles. The number of pyridine rings is 1. The van der Waals surface area contributed by atoms with Gasteiger partial charge in [-0.15, -0.1) is 0 Å². The van der Waals surface area contributed by atoms with Crippen molar-refractivity contribution < 1.29 is 9.53 Å². The van der Waals surface area contributed by atoms with Crippen molar-refractivity contribution in [3.05, 3.63) is 82.6 Å². The Morgan fingerprint density at radius 1 is 0.966 bits per heavy atom. The first-order chi connectivity index (χ1) is 14.0. The maximum absolute atomic E-state index is 12.4. The predicted octanol–water partition coefficient (Wildman–Crippen LogP) is 6.36. The molecule has 3 aromatic carbocycles. The highest BCUT2D eigenvalue weighted by Gasteiger charge is 2.17. The molecule has 0 fully saturated rings. The predicted molar refractivity (Wildman–Crippen MR) is 117 cm³/mol. The number of ether oxygens (including phenoxy) is 1. The van der Waals surface area contributed by atoms with Crippen LogP contribution in [0.2, 0.25) is 5.15 Å². The van der Waals surface area contributed by atoms with E-state index in [2.05, 4.69) is 16.9 Å². The van der Waals surface area contributed by atoms with Crippen LogP contribution in [0.4, 0.5) is 0 Å². The molecule has 0 spiro atoms. The lowest BCUT2D eigenvalue weighted by atomic mass is 9.97. The lowest BCUT2D eigenvalue weighted by Crippen LogP contribution is -2.07. The first-order valence-electron chi connectivity index (χ1n) is 9.30. The van der Waals surface area contributed by atoms with Crippen LogP contribution in [0.25, 0.3) is 32.6 Å². The molecular formula is C24H17ClN2O2. The molecule has 0 unspecified atom stereocenters. The summed E-state index contributed by atoms with van der Waals surface area (Å²) in [6, 6.07) is 16.6. The highest BCUT2D eigenvalue weighted by Crippen LogP contribution is 2.39. The zero-order valence-corrected chi connectivity index (χ0v) is 16.7. The van der Waals surface area contributed by atoms with Gasteiger partial charge in [-0.1, -0.05) is 29.8 Å². The van der Waals surface area contributed by atoms with Gasteiger partial charge in [-0.2, -0.15) is 0 Å². The summed E-state index contributed by atoms with van der Waals surface area (Å²) < 4.78 is 5.62. The number of H-pyrrole nitrogens is 1. The molecular weight excluding hydrogens is 384 g/mol. The molecule has 2 heterocycles. The van der Waals surface area contributed by atoms with Crippen LogP contribution in [0.3, 0.4) is 0 Å². The van der Waals surface area contributed by atoms with Gasteiger partial charge in [0.25, 0.3) is 0 Å². The summed E-state index contributed by atoms with van der Waals surface area (Å²) in [5.41, 5.74) is 4.71. The topological polar surface area (TPSA) is 55.0 Å². The first kappa shape index (κ1) is 17.7. The number of nitrogens with zero attached hydrogens (tertiary/aromatic N) is 1. The van der Waals surface area contributed by atoms with Gasteiger partial charge in [0.1, 0.15) is 10.9 Å². The molecule has 2 aromatic heterocycles. The van der Waals surface area contributed by atoms with Crippen molar-refractivity contribution in [2.75, 3.05) is 0 Å². The molecule has 5 rings (SSSR count). The number of nitrogens with one attached hydrogen (secondary N) is 1. The van der Waals surface area contributed by atoms with Crippen molar-refractivity contribution in [3.8, 4) is 5.75 Å². The third-order valence-electron chi connectivity index (χ3n) is 5.42. The van der Waals surface area contributed by atoms with Crippen LogP contribution < -0.4 is 4.74 Å². The molecule has 5 aromatic rings. The third-order valence-corrected chi connectivity index (χ3v) is 5.71. The van der Waals surface area contributed by atoms with E-state index in [1.165, 1.54) is 0 Å². The second kappa shape index (κ2) is 6.61. The van der Waals surface area contributed by atoms with Crippen molar-refractivity contribution in [2.24, 2.45) is 0 Å². The number of fused-ring (bicyclic) bond motifs is 4. The monoisotopic (exact) mass is 400 g/mol. The average Bonchev–Trinajstić information content (AvgIpc) is 3.12. The van der Waals surface area contributed by atoms with Gasteiger partial charge in [0.2, 0.25) is 0 Å². The molecule has 0 atom stereocenters. The summed E-state index contributed by atoms with van der Waals surface area (Å²) in [6.45, 7) is 4.12. The number of rotatable bonds is 2. The Bertz CT molecular complexity index is 1420. The van der Waals surface area contributed by atoms with Crippen molar-refractivity contribution in [1.29, 1.82) is 0 Å². The standard InChI is InChI=1S/C24H17ClN2O2/c1-13-17-10-11-26-23(25)21(17)14(2)20-18-12-16(8-9-19(18)27-22(13)20)29-24(28)15-6-4-3-5-7-15/h3-12,27H,1-2H3. The van der Waals surface area contributed by atoms with Gasteiger partial charge in [0.05, 0.1) is 11.1 Å². The van der Waals surface area contributed by atoms with E-state index in [4.69, 9.17) is 16.3 Å². The molecule has 4 nitrogen and oxygen atoms in total. The quantitative estimate of drug-likeness (QED) is 0.213.